The first-order valence-electron chi connectivity index (χ1n) is 6.93. The lowest BCUT2D eigenvalue weighted by molar-refractivity contribution is -0.383. The minimum absolute atomic E-state index is 0.00271. The Hall–Kier alpha value is -1.78. The number of nitrogen functional groups attached to an aromatic ring is 1. The highest BCUT2D eigenvalue weighted by Gasteiger charge is 2.26. The van der Waals surface area contributed by atoms with Crippen LogP contribution in [0.1, 0.15) is 39.0 Å². The Labute approximate surface area is 113 Å². The van der Waals surface area contributed by atoms with E-state index in [9.17, 15) is 10.1 Å². The van der Waals surface area contributed by atoms with E-state index < -0.39 is 4.92 Å². The predicted molar refractivity (Wildman–Crippen MR) is 77.2 cm³/mol. The number of hydrogen-bond acceptors (Lipinski definition) is 4. The van der Waals surface area contributed by atoms with Crippen molar-refractivity contribution in [3.05, 3.63) is 28.3 Å². The molecule has 2 atom stereocenters. The van der Waals surface area contributed by atoms with Crippen molar-refractivity contribution in [3.8, 4) is 0 Å². The topological polar surface area (TPSA) is 81.2 Å². The van der Waals surface area contributed by atoms with E-state index >= 15 is 0 Å². The number of nitro benzene ring substituents is 1. The number of anilines is 2. The molecule has 0 spiro atoms. The molecule has 0 aliphatic heterocycles. The number of benzene rings is 1. The fraction of sp³-hybridized carbons (Fsp3) is 0.571. The molecular weight excluding hydrogens is 242 g/mol. The standard InChI is InChI=1S/C14H21N3O2/c1-2-10-6-3-4-8-12(10)16-13-9-5-7-11(15)14(13)17(18)19/h5,7,9-10,12,16H,2-4,6,8,15H2,1H3. The molecule has 0 saturated heterocycles. The fourth-order valence-corrected chi connectivity index (χ4v) is 2.97. The summed E-state index contributed by atoms with van der Waals surface area (Å²) in [7, 11) is 0. The Kier molecular flexibility index (Phi) is 4.24. The third kappa shape index (κ3) is 2.97. The van der Waals surface area contributed by atoms with Crippen molar-refractivity contribution in [1.29, 1.82) is 0 Å². The number of hydrogen-bond donors (Lipinski definition) is 2. The van der Waals surface area contributed by atoms with Gasteiger partial charge in [-0.15, -0.1) is 0 Å². The van der Waals surface area contributed by atoms with E-state index in [1.165, 1.54) is 19.3 Å². The lowest BCUT2D eigenvalue weighted by atomic mass is 9.83. The molecule has 0 amide bonds. The first kappa shape index (κ1) is 13.6. The average molecular weight is 263 g/mol. The van der Waals surface area contributed by atoms with Crippen LogP contribution in [0.3, 0.4) is 0 Å². The summed E-state index contributed by atoms with van der Waals surface area (Å²) in [5, 5.41) is 14.5. The lowest BCUT2D eigenvalue weighted by Gasteiger charge is -2.32. The van der Waals surface area contributed by atoms with E-state index in [0.29, 0.717) is 17.6 Å². The third-order valence-corrected chi connectivity index (χ3v) is 4.02. The summed E-state index contributed by atoms with van der Waals surface area (Å²) < 4.78 is 0. The van der Waals surface area contributed by atoms with E-state index in [0.717, 1.165) is 12.8 Å². The Balaban J connectivity index is 2.22. The SMILES string of the molecule is CCC1CCCCC1Nc1cccc(N)c1[N+](=O)[O-]. The molecule has 19 heavy (non-hydrogen) atoms. The molecule has 1 saturated carbocycles. The maximum Gasteiger partial charge on any atom is 0.314 e. The van der Waals surface area contributed by atoms with Gasteiger partial charge in [-0.1, -0.05) is 32.3 Å². The zero-order valence-corrected chi connectivity index (χ0v) is 11.3. The molecule has 1 aliphatic rings. The molecule has 3 N–H and O–H groups in total. The lowest BCUT2D eigenvalue weighted by Crippen LogP contribution is -2.32. The molecule has 1 aromatic rings. The van der Waals surface area contributed by atoms with Crippen LogP contribution in [-0.4, -0.2) is 11.0 Å². The number of nitrogens with one attached hydrogen (secondary N) is 1. The monoisotopic (exact) mass is 263 g/mol. The summed E-state index contributed by atoms with van der Waals surface area (Å²) in [6.45, 7) is 2.18. The molecule has 5 nitrogen and oxygen atoms in total. The van der Waals surface area contributed by atoms with E-state index in [1.54, 1.807) is 18.2 Å². The van der Waals surface area contributed by atoms with Gasteiger partial charge in [0.15, 0.2) is 0 Å². The molecule has 104 valence electrons. The summed E-state index contributed by atoms with van der Waals surface area (Å²) in [5.74, 6) is 0.592. The molecule has 0 aromatic heterocycles. The smallest absolute Gasteiger partial charge is 0.314 e. The third-order valence-electron chi connectivity index (χ3n) is 4.02. The highest BCUT2D eigenvalue weighted by Crippen LogP contribution is 2.35. The highest BCUT2D eigenvalue weighted by atomic mass is 16.6. The maximum atomic E-state index is 11.1. The predicted octanol–water partition coefficient (Wildman–Crippen LogP) is 3.56. The molecule has 1 aromatic carbocycles. The van der Waals surface area contributed by atoms with Crippen LogP contribution in [0.4, 0.5) is 17.1 Å². The van der Waals surface area contributed by atoms with Crippen LogP contribution >= 0.6 is 0 Å². The quantitative estimate of drug-likeness (QED) is 0.494. The summed E-state index contributed by atoms with van der Waals surface area (Å²) in [6, 6.07) is 5.39. The second kappa shape index (κ2) is 5.91. The van der Waals surface area contributed by atoms with E-state index in [-0.39, 0.29) is 11.4 Å². The summed E-state index contributed by atoms with van der Waals surface area (Å²) in [4.78, 5) is 10.7. The molecule has 2 rings (SSSR count). The van der Waals surface area contributed by atoms with Gasteiger partial charge in [-0.05, 0) is 30.9 Å². The molecule has 1 aliphatic carbocycles. The highest BCUT2D eigenvalue weighted by molar-refractivity contribution is 5.74. The van der Waals surface area contributed by atoms with Crippen LogP contribution in [0, 0.1) is 16.0 Å². The van der Waals surface area contributed by atoms with Crippen LogP contribution in [0.15, 0.2) is 18.2 Å². The normalized spacial score (nSPS) is 23.0. The van der Waals surface area contributed by atoms with Gasteiger partial charge in [0.05, 0.1) is 4.92 Å². The molecule has 0 bridgehead atoms. The summed E-state index contributed by atoms with van der Waals surface area (Å²) in [6.07, 6.45) is 5.82. The number of para-hydroxylation sites is 1. The average Bonchev–Trinajstić information content (AvgIpc) is 2.39. The fourth-order valence-electron chi connectivity index (χ4n) is 2.97. The molecule has 5 heteroatoms. The van der Waals surface area contributed by atoms with Crippen molar-refractivity contribution in [3.63, 3.8) is 0 Å². The Morgan fingerprint density at radius 3 is 2.84 bits per heavy atom. The Morgan fingerprint density at radius 2 is 2.16 bits per heavy atom. The van der Waals surface area contributed by atoms with Gasteiger partial charge < -0.3 is 11.1 Å². The minimum atomic E-state index is -0.401. The molecule has 1 fully saturated rings. The number of rotatable bonds is 4. The van der Waals surface area contributed by atoms with Crippen molar-refractivity contribution in [1.82, 2.24) is 0 Å². The summed E-state index contributed by atoms with van der Waals surface area (Å²) >= 11 is 0. The maximum absolute atomic E-state index is 11.1. The van der Waals surface area contributed by atoms with Crippen molar-refractivity contribution >= 4 is 17.1 Å². The zero-order valence-electron chi connectivity index (χ0n) is 11.3. The largest absolute Gasteiger partial charge is 0.393 e. The minimum Gasteiger partial charge on any atom is -0.393 e. The second-order valence-corrected chi connectivity index (χ2v) is 5.20. The van der Waals surface area contributed by atoms with Crippen molar-refractivity contribution < 1.29 is 4.92 Å². The van der Waals surface area contributed by atoms with Crippen molar-refractivity contribution in [2.75, 3.05) is 11.1 Å². The van der Waals surface area contributed by atoms with Crippen LogP contribution in [0.5, 0.6) is 0 Å². The van der Waals surface area contributed by atoms with Gasteiger partial charge in [0, 0.05) is 6.04 Å². The van der Waals surface area contributed by atoms with Crippen LogP contribution in [0.2, 0.25) is 0 Å². The number of nitro groups is 1. The van der Waals surface area contributed by atoms with Gasteiger partial charge in [-0.3, -0.25) is 10.1 Å². The van der Waals surface area contributed by atoms with E-state index in [2.05, 4.69) is 12.2 Å². The van der Waals surface area contributed by atoms with Crippen molar-refractivity contribution in [2.45, 2.75) is 45.1 Å². The van der Waals surface area contributed by atoms with Crippen LogP contribution < -0.4 is 11.1 Å². The van der Waals surface area contributed by atoms with Gasteiger partial charge in [0.25, 0.3) is 0 Å². The number of nitrogens with zero attached hydrogens (tertiary/aromatic N) is 1. The first-order valence-corrected chi connectivity index (χ1v) is 6.93. The van der Waals surface area contributed by atoms with E-state index in [1.807, 2.05) is 0 Å². The molecular formula is C14H21N3O2. The van der Waals surface area contributed by atoms with Gasteiger partial charge in [-0.2, -0.15) is 0 Å². The Morgan fingerprint density at radius 1 is 1.42 bits per heavy atom. The second-order valence-electron chi connectivity index (χ2n) is 5.20. The molecule has 0 heterocycles. The van der Waals surface area contributed by atoms with Gasteiger partial charge in [0.1, 0.15) is 11.4 Å². The van der Waals surface area contributed by atoms with Crippen LogP contribution in [0.25, 0.3) is 0 Å². The molecule has 2 unspecified atom stereocenters. The number of nitrogens with two attached hydrogens (primary N) is 1. The van der Waals surface area contributed by atoms with Crippen LogP contribution in [-0.2, 0) is 0 Å². The molecule has 0 radical (unpaired) electrons. The van der Waals surface area contributed by atoms with Crippen molar-refractivity contribution in [2.24, 2.45) is 5.92 Å². The van der Waals surface area contributed by atoms with Gasteiger partial charge in [0.2, 0.25) is 0 Å². The summed E-state index contributed by atoms with van der Waals surface area (Å²) in [5.41, 5.74) is 6.49. The Bertz CT molecular complexity index is 462. The zero-order chi connectivity index (χ0) is 13.8. The van der Waals surface area contributed by atoms with Gasteiger partial charge in [-0.25, -0.2) is 0 Å². The van der Waals surface area contributed by atoms with Gasteiger partial charge >= 0.3 is 5.69 Å². The first-order chi connectivity index (χ1) is 9.13. The van der Waals surface area contributed by atoms with E-state index in [4.69, 9.17) is 5.73 Å².